The summed E-state index contributed by atoms with van der Waals surface area (Å²) >= 11 is 12.2. The summed E-state index contributed by atoms with van der Waals surface area (Å²) in [4.78, 5) is 4.00. The predicted octanol–water partition coefficient (Wildman–Crippen LogP) is 4.38. The molecular weight excluding hydrogens is 265 g/mol. The van der Waals surface area contributed by atoms with Crippen LogP contribution in [0.2, 0.25) is 5.02 Å². The Balaban J connectivity index is 2.04. The number of hydrogen-bond donors (Lipinski definition) is 0. The highest BCUT2D eigenvalue weighted by Gasteiger charge is 2.11. The van der Waals surface area contributed by atoms with E-state index in [9.17, 15) is 0 Å². The molecule has 0 aliphatic heterocycles. The Labute approximate surface area is 118 Å². The number of hydrogen-bond acceptors (Lipinski definition) is 1. The quantitative estimate of drug-likeness (QED) is 0.741. The fourth-order valence-corrected chi connectivity index (χ4v) is 2.42. The topological polar surface area (TPSA) is 12.9 Å². The van der Waals surface area contributed by atoms with Crippen LogP contribution in [-0.4, -0.2) is 10.9 Å². The molecule has 94 valence electrons. The van der Waals surface area contributed by atoms with E-state index >= 15 is 0 Å². The van der Waals surface area contributed by atoms with Crippen molar-refractivity contribution in [1.82, 2.24) is 4.98 Å². The summed E-state index contributed by atoms with van der Waals surface area (Å²) in [5.74, 6) is 1.03. The van der Waals surface area contributed by atoms with Crippen LogP contribution in [0.4, 0.5) is 0 Å². The first-order valence-electron chi connectivity index (χ1n) is 5.98. The van der Waals surface area contributed by atoms with Crippen LogP contribution in [-0.2, 0) is 12.8 Å². The summed E-state index contributed by atoms with van der Waals surface area (Å²) in [6, 6.07) is 12.4. The van der Waals surface area contributed by atoms with E-state index in [0.29, 0.717) is 11.8 Å². The summed E-state index contributed by atoms with van der Waals surface area (Å²) in [6.07, 6.45) is 5.32. The molecule has 0 bridgehead atoms. The first kappa shape index (κ1) is 13.4. The Morgan fingerprint density at radius 3 is 2.50 bits per heavy atom. The van der Waals surface area contributed by atoms with Gasteiger partial charge in [-0.3, -0.25) is 4.98 Å². The van der Waals surface area contributed by atoms with Crippen molar-refractivity contribution in [3.8, 4) is 0 Å². The van der Waals surface area contributed by atoms with E-state index in [1.807, 2.05) is 12.1 Å². The minimum atomic E-state index is 0.397. The third-order valence-electron chi connectivity index (χ3n) is 2.95. The Bertz CT molecular complexity index is 485. The molecule has 0 fully saturated rings. The Hall–Kier alpha value is -1.05. The van der Waals surface area contributed by atoms with Crippen molar-refractivity contribution < 1.29 is 0 Å². The zero-order valence-corrected chi connectivity index (χ0v) is 11.5. The lowest BCUT2D eigenvalue weighted by atomic mass is 9.94. The first-order chi connectivity index (χ1) is 8.79. The molecule has 0 N–H and O–H groups in total. The van der Waals surface area contributed by atoms with Gasteiger partial charge in [-0.15, -0.1) is 11.6 Å². The molecule has 1 aromatic carbocycles. The molecule has 2 rings (SSSR count). The molecule has 18 heavy (non-hydrogen) atoms. The summed E-state index contributed by atoms with van der Waals surface area (Å²) in [6.45, 7) is 0. The van der Waals surface area contributed by atoms with Crippen LogP contribution in [0.3, 0.4) is 0 Å². The smallest absolute Gasteiger partial charge is 0.0621 e. The van der Waals surface area contributed by atoms with Gasteiger partial charge in [0.1, 0.15) is 0 Å². The van der Waals surface area contributed by atoms with Crippen LogP contribution in [0.25, 0.3) is 0 Å². The maximum Gasteiger partial charge on any atom is 0.0621 e. The van der Waals surface area contributed by atoms with Crippen molar-refractivity contribution >= 4 is 23.2 Å². The molecule has 0 saturated carbocycles. The van der Waals surface area contributed by atoms with Gasteiger partial charge in [0.05, 0.1) is 5.02 Å². The van der Waals surface area contributed by atoms with Crippen molar-refractivity contribution in [2.75, 3.05) is 5.88 Å². The van der Waals surface area contributed by atoms with Crippen molar-refractivity contribution in [1.29, 1.82) is 0 Å². The van der Waals surface area contributed by atoms with Crippen LogP contribution < -0.4 is 0 Å². The fourth-order valence-electron chi connectivity index (χ4n) is 2.01. The SMILES string of the molecule is ClCC(Cc1ccccc1)Cc1ccncc1Cl. The van der Waals surface area contributed by atoms with Crippen LogP contribution in [0, 0.1) is 5.92 Å². The van der Waals surface area contributed by atoms with E-state index in [1.165, 1.54) is 5.56 Å². The average molecular weight is 280 g/mol. The molecule has 0 spiro atoms. The van der Waals surface area contributed by atoms with Gasteiger partial charge in [0.25, 0.3) is 0 Å². The monoisotopic (exact) mass is 279 g/mol. The van der Waals surface area contributed by atoms with Crippen molar-refractivity contribution in [2.24, 2.45) is 5.92 Å². The van der Waals surface area contributed by atoms with Crippen LogP contribution in [0.1, 0.15) is 11.1 Å². The number of aromatic nitrogens is 1. The van der Waals surface area contributed by atoms with Gasteiger partial charge in [-0.05, 0) is 36.0 Å². The number of rotatable bonds is 5. The molecule has 1 unspecified atom stereocenters. The van der Waals surface area contributed by atoms with Gasteiger partial charge in [0.2, 0.25) is 0 Å². The van der Waals surface area contributed by atoms with E-state index in [2.05, 4.69) is 29.2 Å². The van der Waals surface area contributed by atoms with Gasteiger partial charge in [-0.2, -0.15) is 0 Å². The molecule has 1 aromatic heterocycles. The van der Waals surface area contributed by atoms with Crippen LogP contribution in [0.15, 0.2) is 48.8 Å². The molecule has 0 aliphatic carbocycles. The summed E-state index contributed by atoms with van der Waals surface area (Å²) in [5, 5.41) is 0.723. The third-order valence-corrected chi connectivity index (χ3v) is 3.73. The highest BCUT2D eigenvalue weighted by Crippen LogP contribution is 2.21. The van der Waals surface area contributed by atoms with E-state index in [4.69, 9.17) is 23.2 Å². The molecule has 0 aliphatic rings. The zero-order chi connectivity index (χ0) is 12.8. The maximum atomic E-state index is 6.12. The van der Waals surface area contributed by atoms with Gasteiger partial charge >= 0.3 is 0 Å². The van der Waals surface area contributed by atoms with Crippen molar-refractivity contribution in [3.05, 3.63) is 64.9 Å². The second-order valence-electron chi connectivity index (χ2n) is 4.38. The summed E-state index contributed by atoms with van der Waals surface area (Å²) in [5.41, 5.74) is 2.43. The molecular formula is C15H15Cl2N. The third kappa shape index (κ3) is 3.72. The molecule has 0 saturated heterocycles. The highest BCUT2D eigenvalue weighted by molar-refractivity contribution is 6.31. The Kier molecular flexibility index (Phi) is 5.03. The normalized spacial score (nSPS) is 12.3. The van der Waals surface area contributed by atoms with E-state index in [0.717, 1.165) is 23.4 Å². The minimum Gasteiger partial charge on any atom is -0.263 e. The summed E-state index contributed by atoms with van der Waals surface area (Å²) < 4.78 is 0. The molecule has 1 atom stereocenters. The molecule has 2 aromatic rings. The maximum absolute atomic E-state index is 6.12. The van der Waals surface area contributed by atoms with E-state index in [1.54, 1.807) is 12.4 Å². The van der Waals surface area contributed by atoms with Crippen LogP contribution >= 0.6 is 23.2 Å². The number of pyridine rings is 1. The van der Waals surface area contributed by atoms with Crippen molar-refractivity contribution in [3.63, 3.8) is 0 Å². The largest absolute Gasteiger partial charge is 0.263 e. The van der Waals surface area contributed by atoms with Gasteiger partial charge < -0.3 is 0 Å². The van der Waals surface area contributed by atoms with E-state index < -0.39 is 0 Å². The second kappa shape index (κ2) is 6.77. The van der Waals surface area contributed by atoms with Gasteiger partial charge in [0.15, 0.2) is 0 Å². The lowest BCUT2D eigenvalue weighted by Crippen LogP contribution is -2.10. The number of nitrogens with zero attached hydrogens (tertiary/aromatic N) is 1. The number of alkyl halides is 1. The predicted molar refractivity (Wildman–Crippen MR) is 77.3 cm³/mol. The number of benzene rings is 1. The second-order valence-corrected chi connectivity index (χ2v) is 5.10. The highest BCUT2D eigenvalue weighted by atomic mass is 35.5. The zero-order valence-electron chi connectivity index (χ0n) is 10.0. The van der Waals surface area contributed by atoms with Gasteiger partial charge in [-0.25, -0.2) is 0 Å². The number of halogens is 2. The minimum absolute atomic E-state index is 0.397. The molecule has 0 amide bonds. The first-order valence-corrected chi connectivity index (χ1v) is 6.89. The van der Waals surface area contributed by atoms with Crippen molar-refractivity contribution in [2.45, 2.75) is 12.8 Å². The Morgan fingerprint density at radius 2 is 1.83 bits per heavy atom. The lowest BCUT2D eigenvalue weighted by molar-refractivity contribution is 0.584. The van der Waals surface area contributed by atoms with Gasteiger partial charge in [-0.1, -0.05) is 41.9 Å². The molecule has 1 heterocycles. The summed E-state index contributed by atoms with van der Waals surface area (Å²) in [7, 11) is 0. The van der Waals surface area contributed by atoms with Gasteiger partial charge in [0, 0.05) is 18.3 Å². The Morgan fingerprint density at radius 1 is 1.06 bits per heavy atom. The lowest BCUT2D eigenvalue weighted by Gasteiger charge is -2.14. The molecule has 1 nitrogen and oxygen atoms in total. The van der Waals surface area contributed by atoms with E-state index in [-0.39, 0.29) is 0 Å². The molecule has 0 radical (unpaired) electrons. The average Bonchev–Trinajstić information content (AvgIpc) is 2.41. The molecule has 3 heteroatoms. The standard InChI is InChI=1S/C15H15Cl2N/c16-10-13(8-12-4-2-1-3-5-12)9-14-6-7-18-11-15(14)17/h1-7,11,13H,8-10H2. The van der Waals surface area contributed by atoms with Crippen LogP contribution in [0.5, 0.6) is 0 Å². The fraction of sp³-hybridized carbons (Fsp3) is 0.267.